The highest BCUT2D eigenvalue weighted by Gasteiger charge is 2.08. The maximum atomic E-state index is 11.5. The van der Waals surface area contributed by atoms with Gasteiger partial charge in [0.05, 0.1) is 0 Å². The molecule has 3 rings (SSSR count). The average Bonchev–Trinajstić information content (AvgIpc) is 2.76. The summed E-state index contributed by atoms with van der Waals surface area (Å²) in [5, 5.41) is 6.27. The summed E-state index contributed by atoms with van der Waals surface area (Å²) in [5.41, 5.74) is 7.53. The minimum absolute atomic E-state index is 0.320. The molecule has 0 saturated carbocycles. The van der Waals surface area contributed by atoms with E-state index in [2.05, 4.69) is 15.2 Å². The fourth-order valence-corrected chi connectivity index (χ4v) is 1.96. The molecule has 3 aromatic rings. The first kappa shape index (κ1) is 12.2. The van der Waals surface area contributed by atoms with Crippen molar-refractivity contribution in [1.29, 1.82) is 0 Å². The van der Waals surface area contributed by atoms with Gasteiger partial charge in [-0.25, -0.2) is 14.3 Å². The summed E-state index contributed by atoms with van der Waals surface area (Å²) in [5.74, 6) is 1.51. The van der Waals surface area contributed by atoms with Crippen molar-refractivity contribution in [2.24, 2.45) is 0 Å². The van der Waals surface area contributed by atoms with Gasteiger partial charge in [-0.1, -0.05) is 0 Å². The van der Waals surface area contributed by atoms with Crippen molar-refractivity contribution in [2.45, 2.75) is 13.8 Å². The average molecular weight is 271 g/mol. The molecule has 2 heterocycles. The fourth-order valence-electron chi connectivity index (χ4n) is 1.96. The number of nitrogen functional groups attached to an aromatic ring is 1. The Morgan fingerprint density at radius 1 is 1.30 bits per heavy atom. The van der Waals surface area contributed by atoms with Gasteiger partial charge < -0.3 is 10.5 Å². The van der Waals surface area contributed by atoms with Crippen LogP contribution in [0.4, 0.5) is 5.69 Å². The van der Waals surface area contributed by atoms with Crippen molar-refractivity contribution in [3.63, 3.8) is 0 Å². The zero-order chi connectivity index (χ0) is 14.3. The third kappa shape index (κ3) is 1.99. The molecule has 7 nitrogen and oxygen atoms in total. The van der Waals surface area contributed by atoms with Crippen LogP contribution in [0.25, 0.3) is 5.65 Å². The van der Waals surface area contributed by atoms with Gasteiger partial charge >= 0.3 is 5.69 Å². The first-order valence-corrected chi connectivity index (χ1v) is 6.03. The van der Waals surface area contributed by atoms with Crippen molar-refractivity contribution in [3.8, 4) is 11.6 Å². The third-order valence-electron chi connectivity index (χ3n) is 3.01. The molecule has 0 saturated heterocycles. The van der Waals surface area contributed by atoms with Crippen LogP contribution < -0.4 is 16.2 Å². The third-order valence-corrected chi connectivity index (χ3v) is 3.01. The van der Waals surface area contributed by atoms with Crippen LogP contribution in [0.2, 0.25) is 0 Å². The Bertz CT molecular complexity index is 850. The minimum atomic E-state index is -0.320. The maximum Gasteiger partial charge on any atom is 0.349 e. The van der Waals surface area contributed by atoms with Gasteiger partial charge in [0.2, 0.25) is 5.88 Å². The van der Waals surface area contributed by atoms with E-state index < -0.39 is 0 Å². The van der Waals surface area contributed by atoms with Crippen LogP contribution in [-0.4, -0.2) is 19.6 Å². The SMILES string of the molecule is Cc1cc(Oc2cc3n[nH]c(=O)n3c(C)n2)ccc1N. The van der Waals surface area contributed by atoms with Crippen molar-refractivity contribution in [1.82, 2.24) is 19.6 Å². The molecule has 0 spiro atoms. The normalized spacial score (nSPS) is 10.9. The molecule has 0 unspecified atom stereocenters. The molecule has 0 amide bonds. The van der Waals surface area contributed by atoms with Gasteiger partial charge in [0.25, 0.3) is 0 Å². The van der Waals surface area contributed by atoms with Crippen molar-refractivity contribution < 1.29 is 4.74 Å². The molecule has 0 aliphatic heterocycles. The van der Waals surface area contributed by atoms with Crippen LogP contribution in [0.1, 0.15) is 11.4 Å². The highest BCUT2D eigenvalue weighted by Crippen LogP contribution is 2.24. The first-order chi connectivity index (χ1) is 9.54. The smallest absolute Gasteiger partial charge is 0.349 e. The molecule has 0 fully saturated rings. The summed E-state index contributed by atoms with van der Waals surface area (Å²) < 4.78 is 7.05. The number of aromatic amines is 1. The van der Waals surface area contributed by atoms with E-state index in [-0.39, 0.29) is 5.69 Å². The topological polar surface area (TPSA) is 98.3 Å². The molecule has 1 aromatic carbocycles. The molecule has 0 aliphatic carbocycles. The van der Waals surface area contributed by atoms with Crippen molar-refractivity contribution in [2.75, 3.05) is 5.73 Å². The van der Waals surface area contributed by atoms with Crippen LogP contribution in [0.3, 0.4) is 0 Å². The summed E-state index contributed by atoms with van der Waals surface area (Å²) in [6.07, 6.45) is 0. The second kappa shape index (κ2) is 4.37. The number of nitrogens with zero attached hydrogens (tertiary/aromatic N) is 3. The fraction of sp³-hybridized carbons (Fsp3) is 0.154. The highest BCUT2D eigenvalue weighted by atomic mass is 16.5. The molecular weight excluding hydrogens is 258 g/mol. The van der Waals surface area contributed by atoms with Crippen LogP contribution in [0, 0.1) is 13.8 Å². The van der Waals surface area contributed by atoms with Gasteiger partial charge in [0, 0.05) is 11.8 Å². The van der Waals surface area contributed by atoms with E-state index in [1.54, 1.807) is 25.1 Å². The first-order valence-electron chi connectivity index (χ1n) is 6.03. The minimum Gasteiger partial charge on any atom is -0.439 e. The predicted octanol–water partition coefficient (Wildman–Crippen LogP) is 1.41. The van der Waals surface area contributed by atoms with Gasteiger partial charge in [-0.05, 0) is 37.6 Å². The van der Waals surface area contributed by atoms with E-state index in [9.17, 15) is 4.79 Å². The van der Waals surface area contributed by atoms with Crippen LogP contribution >= 0.6 is 0 Å². The van der Waals surface area contributed by atoms with Crippen molar-refractivity contribution in [3.05, 3.63) is 46.1 Å². The van der Waals surface area contributed by atoms with E-state index in [4.69, 9.17) is 10.5 Å². The number of hydrogen-bond acceptors (Lipinski definition) is 5. The number of ether oxygens (including phenoxy) is 1. The standard InChI is InChI=1S/C13H13N5O2/c1-7-5-9(3-4-10(7)14)20-12-6-11-16-17-13(19)18(11)8(2)15-12/h3-6H,14H2,1-2H3,(H,17,19). The summed E-state index contributed by atoms with van der Waals surface area (Å²) >= 11 is 0. The summed E-state index contributed by atoms with van der Waals surface area (Å²) in [6, 6.07) is 6.96. The number of fused-ring (bicyclic) bond motifs is 1. The zero-order valence-corrected chi connectivity index (χ0v) is 11.0. The number of nitrogens with two attached hydrogens (primary N) is 1. The number of anilines is 1. The summed E-state index contributed by atoms with van der Waals surface area (Å²) in [4.78, 5) is 15.7. The molecule has 3 N–H and O–H groups in total. The van der Waals surface area contributed by atoms with E-state index in [1.165, 1.54) is 4.40 Å². The number of benzene rings is 1. The van der Waals surface area contributed by atoms with Gasteiger partial charge in [-0.2, -0.15) is 10.1 Å². The number of hydrogen-bond donors (Lipinski definition) is 2. The maximum absolute atomic E-state index is 11.5. The lowest BCUT2D eigenvalue weighted by Crippen LogP contribution is -2.13. The molecular formula is C13H13N5O2. The van der Waals surface area contributed by atoms with Crippen LogP contribution in [-0.2, 0) is 0 Å². The number of rotatable bonds is 2. The Hall–Kier alpha value is -2.83. The largest absolute Gasteiger partial charge is 0.439 e. The Balaban J connectivity index is 2.02. The van der Waals surface area contributed by atoms with Crippen LogP contribution in [0.15, 0.2) is 29.1 Å². The van der Waals surface area contributed by atoms with E-state index >= 15 is 0 Å². The van der Waals surface area contributed by atoms with Gasteiger partial charge in [-0.3, -0.25) is 0 Å². The molecule has 0 radical (unpaired) electrons. The molecule has 2 aromatic heterocycles. The second-order valence-corrected chi connectivity index (χ2v) is 4.48. The molecule has 0 atom stereocenters. The van der Waals surface area contributed by atoms with Gasteiger partial charge in [-0.15, -0.1) is 0 Å². The predicted molar refractivity (Wildman–Crippen MR) is 74.0 cm³/mol. The number of aromatic nitrogens is 4. The van der Waals surface area contributed by atoms with Crippen LogP contribution in [0.5, 0.6) is 11.6 Å². The van der Waals surface area contributed by atoms with E-state index in [0.29, 0.717) is 28.8 Å². The Morgan fingerprint density at radius 2 is 2.10 bits per heavy atom. The summed E-state index contributed by atoms with van der Waals surface area (Å²) in [6.45, 7) is 3.61. The number of nitrogens with one attached hydrogen (secondary N) is 1. The van der Waals surface area contributed by atoms with E-state index in [1.807, 2.05) is 13.0 Å². The molecule has 7 heteroatoms. The lowest BCUT2D eigenvalue weighted by Gasteiger charge is -2.08. The molecule has 20 heavy (non-hydrogen) atoms. The Kier molecular flexibility index (Phi) is 2.67. The lowest BCUT2D eigenvalue weighted by atomic mass is 10.2. The second-order valence-electron chi connectivity index (χ2n) is 4.48. The quantitative estimate of drug-likeness (QED) is 0.687. The molecule has 0 bridgehead atoms. The monoisotopic (exact) mass is 271 g/mol. The van der Waals surface area contributed by atoms with Gasteiger partial charge in [0.1, 0.15) is 11.6 Å². The molecule has 102 valence electrons. The number of H-pyrrole nitrogens is 1. The Morgan fingerprint density at radius 3 is 2.85 bits per heavy atom. The zero-order valence-electron chi connectivity index (χ0n) is 11.0. The number of aryl methyl sites for hydroxylation is 2. The van der Waals surface area contributed by atoms with Crippen molar-refractivity contribution >= 4 is 11.3 Å². The summed E-state index contributed by atoms with van der Waals surface area (Å²) in [7, 11) is 0. The van der Waals surface area contributed by atoms with Gasteiger partial charge in [0.15, 0.2) is 5.65 Å². The highest BCUT2D eigenvalue weighted by molar-refractivity contribution is 5.50. The van der Waals surface area contributed by atoms with E-state index in [0.717, 1.165) is 5.56 Å². The Labute approximate surface area is 114 Å². The lowest BCUT2D eigenvalue weighted by molar-refractivity contribution is 0.459. The molecule has 0 aliphatic rings.